The minimum absolute atomic E-state index is 0.0968. The highest BCUT2D eigenvalue weighted by Crippen LogP contribution is 2.37. The number of nitrogens with zero attached hydrogens (tertiary/aromatic N) is 3. The first-order valence-electron chi connectivity index (χ1n) is 5.72. The third kappa shape index (κ3) is 3.23. The standard InChI is InChI=1S/C12H8Cl2F3N3O/c13-7-3-8(14)5-9(4-7)20-11(21)10(12(15,16)17)6-19(20)2-1-18/h3-5,10H,2,6H2. The lowest BCUT2D eigenvalue weighted by molar-refractivity contribution is -0.175. The van der Waals surface area contributed by atoms with Crippen molar-refractivity contribution in [2.75, 3.05) is 18.1 Å². The van der Waals surface area contributed by atoms with Gasteiger partial charge in [0.1, 0.15) is 12.5 Å². The third-order valence-electron chi connectivity index (χ3n) is 2.92. The summed E-state index contributed by atoms with van der Waals surface area (Å²) < 4.78 is 38.6. The molecule has 0 aliphatic carbocycles. The van der Waals surface area contributed by atoms with Gasteiger partial charge in [-0.2, -0.15) is 23.4 Å². The van der Waals surface area contributed by atoms with Crippen molar-refractivity contribution < 1.29 is 18.0 Å². The molecule has 112 valence electrons. The number of amides is 1. The largest absolute Gasteiger partial charge is 0.401 e. The summed E-state index contributed by atoms with van der Waals surface area (Å²) in [5.74, 6) is -3.33. The summed E-state index contributed by atoms with van der Waals surface area (Å²) in [4.78, 5) is 12.0. The number of carbonyl (C=O) groups is 1. The van der Waals surface area contributed by atoms with Gasteiger partial charge in [-0.25, -0.2) is 5.01 Å². The average molecular weight is 338 g/mol. The summed E-state index contributed by atoms with van der Waals surface area (Å²) >= 11 is 11.6. The minimum Gasteiger partial charge on any atom is -0.272 e. The Kier molecular flexibility index (Phi) is 4.33. The molecule has 1 heterocycles. The Morgan fingerprint density at radius 1 is 1.29 bits per heavy atom. The maximum Gasteiger partial charge on any atom is 0.401 e. The van der Waals surface area contributed by atoms with E-state index in [9.17, 15) is 18.0 Å². The van der Waals surface area contributed by atoms with Crippen molar-refractivity contribution in [2.45, 2.75) is 6.18 Å². The number of hydrogen-bond donors (Lipinski definition) is 0. The van der Waals surface area contributed by atoms with Crippen LogP contribution in [0.25, 0.3) is 0 Å². The number of benzene rings is 1. The Morgan fingerprint density at radius 2 is 1.86 bits per heavy atom. The van der Waals surface area contributed by atoms with Crippen LogP contribution in [0.5, 0.6) is 0 Å². The monoisotopic (exact) mass is 337 g/mol. The summed E-state index contributed by atoms with van der Waals surface area (Å²) in [6, 6.07) is 5.75. The fraction of sp³-hybridized carbons (Fsp3) is 0.333. The number of hydrazine groups is 1. The molecule has 9 heteroatoms. The van der Waals surface area contributed by atoms with Crippen LogP contribution in [-0.4, -0.2) is 30.2 Å². The van der Waals surface area contributed by atoms with Crippen molar-refractivity contribution in [2.24, 2.45) is 5.92 Å². The molecule has 21 heavy (non-hydrogen) atoms. The van der Waals surface area contributed by atoms with Gasteiger partial charge in [-0.15, -0.1) is 0 Å². The Morgan fingerprint density at radius 3 is 2.33 bits per heavy atom. The van der Waals surface area contributed by atoms with Crippen LogP contribution in [0, 0.1) is 17.2 Å². The topological polar surface area (TPSA) is 47.3 Å². The number of anilines is 1. The molecule has 1 saturated heterocycles. The van der Waals surface area contributed by atoms with Gasteiger partial charge >= 0.3 is 6.18 Å². The lowest BCUT2D eigenvalue weighted by atomic mass is 10.1. The van der Waals surface area contributed by atoms with Crippen LogP contribution >= 0.6 is 23.2 Å². The number of nitriles is 1. The fourth-order valence-corrected chi connectivity index (χ4v) is 2.58. The summed E-state index contributed by atoms with van der Waals surface area (Å²) in [6.07, 6.45) is -4.68. The molecule has 1 atom stereocenters. The molecular weight excluding hydrogens is 330 g/mol. The predicted octanol–water partition coefficient (Wildman–Crippen LogP) is 3.26. The van der Waals surface area contributed by atoms with Gasteiger partial charge in [-0.3, -0.25) is 4.79 Å². The van der Waals surface area contributed by atoms with E-state index in [4.69, 9.17) is 28.5 Å². The molecular formula is C12H8Cl2F3N3O. The Labute approximate surface area is 128 Å². The second-order valence-electron chi connectivity index (χ2n) is 4.38. The maximum atomic E-state index is 12.9. The van der Waals surface area contributed by atoms with E-state index in [2.05, 4.69) is 0 Å². The van der Waals surface area contributed by atoms with Crippen LogP contribution in [0.15, 0.2) is 18.2 Å². The highest BCUT2D eigenvalue weighted by molar-refractivity contribution is 6.35. The average Bonchev–Trinajstić information content (AvgIpc) is 2.65. The molecule has 0 bridgehead atoms. The number of hydrogen-bond acceptors (Lipinski definition) is 3. The quantitative estimate of drug-likeness (QED) is 0.778. The van der Waals surface area contributed by atoms with Gasteiger partial charge in [-0.05, 0) is 18.2 Å². The second kappa shape index (κ2) is 5.72. The highest BCUT2D eigenvalue weighted by Gasteiger charge is 2.53. The molecule has 1 aliphatic heterocycles. The van der Waals surface area contributed by atoms with Gasteiger partial charge in [0.25, 0.3) is 5.91 Å². The van der Waals surface area contributed by atoms with E-state index in [1.54, 1.807) is 6.07 Å². The zero-order valence-electron chi connectivity index (χ0n) is 10.4. The number of halogens is 5. The Bertz CT molecular complexity index is 594. The summed E-state index contributed by atoms with van der Waals surface area (Å²) in [6.45, 7) is -0.970. The minimum atomic E-state index is -4.68. The van der Waals surface area contributed by atoms with Crippen molar-refractivity contribution in [3.8, 4) is 6.07 Å². The highest BCUT2D eigenvalue weighted by atomic mass is 35.5. The van der Waals surface area contributed by atoms with Crippen molar-refractivity contribution in [3.05, 3.63) is 28.2 Å². The summed E-state index contributed by atoms with van der Waals surface area (Å²) in [7, 11) is 0. The number of alkyl halides is 3. The molecule has 2 rings (SSSR count). The second-order valence-corrected chi connectivity index (χ2v) is 5.25. The molecule has 0 N–H and O–H groups in total. The molecule has 1 aliphatic rings. The first kappa shape index (κ1) is 15.9. The molecule has 0 radical (unpaired) electrons. The Balaban J connectivity index is 2.43. The van der Waals surface area contributed by atoms with Gasteiger partial charge < -0.3 is 0 Å². The zero-order chi connectivity index (χ0) is 15.8. The first-order chi connectivity index (χ1) is 9.74. The zero-order valence-corrected chi connectivity index (χ0v) is 11.9. The lowest BCUT2D eigenvalue weighted by Gasteiger charge is -2.25. The molecule has 0 saturated carbocycles. The van der Waals surface area contributed by atoms with E-state index in [1.165, 1.54) is 18.2 Å². The molecule has 1 aromatic carbocycles. The summed E-state index contributed by atoms with van der Waals surface area (Å²) in [5, 5.41) is 10.9. The SMILES string of the molecule is N#CCN1CC(C(F)(F)F)C(=O)N1c1cc(Cl)cc(Cl)c1. The maximum absolute atomic E-state index is 12.9. The lowest BCUT2D eigenvalue weighted by Crippen LogP contribution is -2.40. The van der Waals surface area contributed by atoms with Crippen LogP contribution in [0.3, 0.4) is 0 Å². The smallest absolute Gasteiger partial charge is 0.272 e. The third-order valence-corrected chi connectivity index (χ3v) is 3.36. The van der Waals surface area contributed by atoms with Crippen molar-refractivity contribution >= 4 is 34.8 Å². The van der Waals surface area contributed by atoms with Gasteiger partial charge in [0.05, 0.1) is 11.8 Å². The molecule has 0 spiro atoms. The first-order valence-corrected chi connectivity index (χ1v) is 6.48. The van der Waals surface area contributed by atoms with Crippen molar-refractivity contribution in [3.63, 3.8) is 0 Å². The van der Waals surface area contributed by atoms with Crippen LogP contribution in [0.2, 0.25) is 10.0 Å². The molecule has 1 amide bonds. The normalized spacial score (nSPS) is 19.9. The molecule has 1 unspecified atom stereocenters. The van der Waals surface area contributed by atoms with Crippen LogP contribution in [0.4, 0.5) is 18.9 Å². The van der Waals surface area contributed by atoms with Crippen LogP contribution in [-0.2, 0) is 4.79 Å². The molecule has 0 aromatic heterocycles. The number of rotatable bonds is 2. The van der Waals surface area contributed by atoms with Gasteiger partial charge in [0, 0.05) is 16.6 Å². The number of carbonyl (C=O) groups excluding carboxylic acids is 1. The van der Waals surface area contributed by atoms with E-state index in [0.717, 1.165) is 10.0 Å². The fourth-order valence-electron chi connectivity index (χ4n) is 2.07. The van der Waals surface area contributed by atoms with E-state index in [-0.39, 0.29) is 22.3 Å². The predicted molar refractivity (Wildman–Crippen MR) is 70.7 cm³/mol. The van der Waals surface area contributed by atoms with Gasteiger partial charge in [-0.1, -0.05) is 23.2 Å². The van der Waals surface area contributed by atoms with E-state index in [1.807, 2.05) is 0 Å². The van der Waals surface area contributed by atoms with E-state index >= 15 is 0 Å². The van der Waals surface area contributed by atoms with Crippen molar-refractivity contribution in [1.29, 1.82) is 5.26 Å². The molecule has 4 nitrogen and oxygen atoms in total. The van der Waals surface area contributed by atoms with Gasteiger partial charge in [0.15, 0.2) is 0 Å². The van der Waals surface area contributed by atoms with E-state index < -0.39 is 24.5 Å². The summed E-state index contributed by atoms with van der Waals surface area (Å²) in [5.41, 5.74) is 0.0968. The van der Waals surface area contributed by atoms with Gasteiger partial charge in [0.2, 0.25) is 0 Å². The van der Waals surface area contributed by atoms with E-state index in [0.29, 0.717) is 0 Å². The van der Waals surface area contributed by atoms with Crippen LogP contribution < -0.4 is 5.01 Å². The van der Waals surface area contributed by atoms with Crippen LogP contribution in [0.1, 0.15) is 0 Å². The molecule has 1 aromatic rings. The Hall–Kier alpha value is -1.49. The van der Waals surface area contributed by atoms with Crippen molar-refractivity contribution in [1.82, 2.24) is 5.01 Å². The molecule has 1 fully saturated rings.